The second kappa shape index (κ2) is 6.74. The Morgan fingerprint density at radius 3 is 2.83 bits per heavy atom. The summed E-state index contributed by atoms with van der Waals surface area (Å²) in [7, 11) is 0. The molecule has 3 nitrogen and oxygen atoms in total. The normalized spacial score (nSPS) is 24.6. The Morgan fingerprint density at radius 2 is 2.11 bits per heavy atom. The van der Waals surface area contributed by atoms with Gasteiger partial charge >= 0.3 is 0 Å². The van der Waals surface area contributed by atoms with E-state index in [2.05, 4.69) is 17.1 Å². The molecule has 2 rings (SSSR count). The van der Waals surface area contributed by atoms with E-state index in [1.807, 2.05) is 24.3 Å². The Kier molecular flexibility index (Phi) is 5.00. The quantitative estimate of drug-likeness (QED) is 0.756. The zero-order valence-electron chi connectivity index (χ0n) is 11.3. The van der Waals surface area contributed by atoms with E-state index in [0.29, 0.717) is 0 Å². The van der Waals surface area contributed by atoms with Gasteiger partial charge in [0.2, 0.25) is 5.91 Å². The fraction of sp³-hybridized carbons (Fsp3) is 0.667. The third kappa shape index (κ3) is 3.70. The molecule has 1 aliphatic heterocycles. The fourth-order valence-corrected chi connectivity index (χ4v) is 2.71. The maximum Gasteiger partial charge on any atom is 0.230 e. The molecule has 1 amide bonds. The van der Waals surface area contributed by atoms with Crippen LogP contribution in [0.1, 0.15) is 32.6 Å². The van der Waals surface area contributed by atoms with Crippen LogP contribution in [0, 0.1) is 5.92 Å². The summed E-state index contributed by atoms with van der Waals surface area (Å²) in [5, 5.41) is 3.01. The Labute approximate surface area is 110 Å². The largest absolute Gasteiger partial charge is 0.355 e. The van der Waals surface area contributed by atoms with Crippen molar-refractivity contribution >= 4 is 5.91 Å². The van der Waals surface area contributed by atoms with Crippen molar-refractivity contribution in [3.63, 3.8) is 0 Å². The smallest absolute Gasteiger partial charge is 0.230 e. The summed E-state index contributed by atoms with van der Waals surface area (Å²) in [4.78, 5) is 14.3. The first-order chi connectivity index (χ1) is 8.77. The zero-order valence-corrected chi connectivity index (χ0v) is 11.3. The molecule has 3 heteroatoms. The molecule has 0 radical (unpaired) electrons. The van der Waals surface area contributed by atoms with Crippen LogP contribution in [0.15, 0.2) is 24.3 Å². The number of carbonyl (C=O) groups excluding carboxylic acids is 1. The van der Waals surface area contributed by atoms with Crippen molar-refractivity contribution in [1.82, 2.24) is 10.2 Å². The average Bonchev–Trinajstić information content (AvgIpc) is 2.90. The number of carbonyl (C=O) groups is 1. The highest BCUT2D eigenvalue weighted by molar-refractivity contribution is 5.83. The van der Waals surface area contributed by atoms with E-state index in [1.54, 1.807) is 0 Å². The molecule has 0 aromatic carbocycles. The molecule has 1 heterocycles. The van der Waals surface area contributed by atoms with Crippen molar-refractivity contribution in [2.24, 2.45) is 5.92 Å². The summed E-state index contributed by atoms with van der Waals surface area (Å²) in [5.41, 5.74) is 0. The van der Waals surface area contributed by atoms with Crippen LogP contribution in [0.3, 0.4) is 0 Å². The molecule has 1 atom stereocenters. The highest BCUT2D eigenvalue weighted by Gasteiger charge is 2.17. The molecule has 18 heavy (non-hydrogen) atoms. The number of nitrogens with zero attached hydrogens (tertiary/aromatic N) is 1. The summed E-state index contributed by atoms with van der Waals surface area (Å²) >= 11 is 0. The second-order valence-corrected chi connectivity index (χ2v) is 5.32. The molecule has 0 bridgehead atoms. The lowest BCUT2D eigenvalue weighted by Gasteiger charge is -2.33. The van der Waals surface area contributed by atoms with E-state index in [1.165, 1.54) is 25.8 Å². The molecule has 2 aliphatic rings. The van der Waals surface area contributed by atoms with Crippen LogP contribution in [0.25, 0.3) is 0 Å². The summed E-state index contributed by atoms with van der Waals surface area (Å²) in [5.74, 6) is 0.0885. The molecule has 1 aliphatic carbocycles. The van der Waals surface area contributed by atoms with Gasteiger partial charge in [-0.3, -0.25) is 4.79 Å². The van der Waals surface area contributed by atoms with E-state index in [0.717, 1.165) is 25.6 Å². The lowest BCUT2D eigenvalue weighted by molar-refractivity contribution is -0.122. The molecule has 0 aromatic rings. The number of hydrogen-bond acceptors (Lipinski definition) is 2. The minimum Gasteiger partial charge on any atom is -0.355 e. The topological polar surface area (TPSA) is 32.3 Å². The number of allylic oxidation sites excluding steroid dienone is 2. The predicted molar refractivity (Wildman–Crippen MR) is 74.3 cm³/mol. The van der Waals surface area contributed by atoms with Gasteiger partial charge in [-0.25, -0.2) is 0 Å². The van der Waals surface area contributed by atoms with Gasteiger partial charge in [0.25, 0.3) is 0 Å². The molecule has 1 fully saturated rings. The number of hydrogen-bond donors (Lipinski definition) is 1. The maximum atomic E-state index is 11.7. The summed E-state index contributed by atoms with van der Waals surface area (Å²) < 4.78 is 0. The number of rotatable bonds is 5. The Morgan fingerprint density at radius 1 is 1.33 bits per heavy atom. The van der Waals surface area contributed by atoms with Gasteiger partial charge in [-0.15, -0.1) is 0 Å². The Bertz CT molecular complexity index is 323. The minimum atomic E-state index is -0.0427. The van der Waals surface area contributed by atoms with Gasteiger partial charge in [-0.05, 0) is 32.7 Å². The van der Waals surface area contributed by atoms with E-state index in [-0.39, 0.29) is 11.8 Å². The SMILES string of the molecule is CC1CCCCN1CCCNC(=O)C1C=CC=C1. The highest BCUT2D eigenvalue weighted by atomic mass is 16.1. The molecule has 100 valence electrons. The van der Waals surface area contributed by atoms with Crippen LogP contribution >= 0.6 is 0 Å². The Balaban J connectivity index is 1.59. The van der Waals surface area contributed by atoms with Crippen LogP contribution in [-0.2, 0) is 4.79 Å². The number of piperidine rings is 1. The number of likely N-dealkylation sites (tertiary alicyclic amines) is 1. The molecule has 0 spiro atoms. The molecule has 0 aromatic heterocycles. The third-order valence-corrected chi connectivity index (χ3v) is 3.91. The first-order valence-electron chi connectivity index (χ1n) is 7.14. The van der Waals surface area contributed by atoms with Crippen LogP contribution in [0.4, 0.5) is 0 Å². The van der Waals surface area contributed by atoms with Gasteiger partial charge in [0.1, 0.15) is 0 Å². The second-order valence-electron chi connectivity index (χ2n) is 5.32. The lowest BCUT2D eigenvalue weighted by Crippen LogP contribution is -2.39. The van der Waals surface area contributed by atoms with Crippen LogP contribution in [0.5, 0.6) is 0 Å². The van der Waals surface area contributed by atoms with Crippen molar-refractivity contribution in [3.8, 4) is 0 Å². The van der Waals surface area contributed by atoms with E-state index in [4.69, 9.17) is 0 Å². The van der Waals surface area contributed by atoms with Crippen LogP contribution in [0.2, 0.25) is 0 Å². The van der Waals surface area contributed by atoms with Gasteiger partial charge < -0.3 is 10.2 Å². The van der Waals surface area contributed by atoms with Crippen molar-refractivity contribution in [2.75, 3.05) is 19.6 Å². The van der Waals surface area contributed by atoms with Crippen LogP contribution < -0.4 is 5.32 Å². The van der Waals surface area contributed by atoms with Crippen molar-refractivity contribution in [2.45, 2.75) is 38.6 Å². The molecule has 0 saturated carbocycles. The number of amides is 1. The first-order valence-corrected chi connectivity index (χ1v) is 7.14. The summed E-state index contributed by atoms with van der Waals surface area (Å²) in [6.45, 7) is 5.44. The molecule has 1 N–H and O–H groups in total. The van der Waals surface area contributed by atoms with Gasteiger partial charge in [0.15, 0.2) is 0 Å². The highest BCUT2D eigenvalue weighted by Crippen LogP contribution is 2.16. The average molecular weight is 248 g/mol. The van der Waals surface area contributed by atoms with Crippen molar-refractivity contribution < 1.29 is 4.79 Å². The molecular weight excluding hydrogens is 224 g/mol. The summed E-state index contributed by atoms with van der Waals surface area (Å²) in [6.07, 6.45) is 12.8. The van der Waals surface area contributed by atoms with Gasteiger partial charge in [-0.1, -0.05) is 30.7 Å². The Hall–Kier alpha value is -1.09. The maximum absolute atomic E-state index is 11.7. The monoisotopic (exact) mass is 248 g/mol. The zero-order chi connectivity index (χ0) is 12.8. The predicted octanol–water partition coefficient (Wildman–Crippen LogP) is 2.11. The third-order valence-electron chi connectivity index (χ3n) is 3.91. The van der Waals surface area contributed by atoms with E-state index >= 15 is 0 Å². The van der Waals surface area contributed by atoms with Crippen molar-refractivity contribution in [1.29, 1.82) is 0 Å². The van der Waals surface area contributed by atoms with Crippen molar-refractivity contribution in [3.05, 3.63) is 24.3 Å². The first kappa shape index (κ1) is 13.3. The van der Waals surface area contributed by atoms with Crippen LogP contribution in [-0.4, -0.2) is 36.5 Å². The summed E-state index contributed by atoms with van der Waals surface area (Å²) in [6, 6.07) is 0.718. The van der Waals surface area contributed by atoms with E-state index in [9.17, 15) is 4.79 Å². The molecule has 1 saturated heterocycles. The van der Waals surface area contributed by atoms with Gasteiger partial charge in [-0.2, -0.15) is 0 Å². The standard InChI is InChI=1S/C15H24N2O/c1-13-7-4-5-11-17(13)12-6-10-16-15(18)14-8-2-3-9-14/h2-3,8-9,13-14H,4-7,10-12H2,1H3,(H,16,18). The van der Waals surface area contributed by atoms with E-state index < -0.39 is 0 Å². The lowest BCUT2D eigenvalue weighted by atomic mass is 10.0. The fourth-order valence-electron chi connectivity index (χ4n) is 2.71. The van der Waals surface area contributed by atoms with Gasteiger partial charge in [0.05, 0.1) is 5.92 Å². The molecule has 1 unspecified atom stereocenters. The van der Waals surface area contributed by atoms with Gasteiger partial charge in [0, 0.05) is 19.1 Å². The number of nitrogens with one attached hydrogen (secondary N) is 1. The minimum absolute atomic E-state index is 0.0427. The molecular formula is C15H24N2O.